The van der Waals surface area contributed by atoms with Crippen LogP contribution in [-0.2, 0) is 11.2 Å². The number of aliphatic hydroxyl groups excluding tert-OH is 5. The summed E-state index contributed by atoms with van der Waals surface area (Å²) in [5.74, 6) is -2.46. The van der Waals surface area contributed by atoms with Crippen molar-refractivity contribution in [2.75, 3.05) is 6.61 Å². The van der Waals surface area contributed by atoms with Crippen molar-refractivity contribution in [1.82, 2.24) is 0 Å². The summed E-state index contributed by atoms with van der Waals surface area (Å²) in [6.45, 7) is -0.695. The number of aromatic hydroxyl groups is 4. The molecule has 1 fully saturated rings. The molecule has 9 N–H and O–H groups in total. The predicted octanol–water partition coefficient (Wildman–Crippen LogP) is -1.28. The zero-order valence-electron chi connectivity index (χ0n) is 17.0. The summed E-state index contributed by atoms with van der Waals surface area (Å²) in [5.41, 5.74) is 0.337. The Balaban J connectivity index is 1.70. The van der Waals surface area contributed by atoms with Gasteiger partial charge in [0.1, 0.15) is 30.2 Å². The zero-order chi connectivity index (χ0) is 24.0. The topological polar surface area (TPSA) is 210 Å². The molecule has 0 spiro atoms. The Bertz CT molecular complexity index is 1020. The Labute approximate surface area is 186 Å². The van der Waals surface area contributed by atoms with Gasteiger partial charge in [-0.3, -0.25) is 0 Å². The van der Waals surface area contributed by atoms with Crippen LogP contribution in [0.3, 0.4) is 0 Å². The minimum absolute atomic E-state index is 0.0686. The molecule has 2 aromatic rings. The quantitative estimate of drug-likeness (QED) is 0.240. The van der Waals surface area contributed by atoms with Crippen molar-refractivity contribution in [2.24, 2.45) is 0 Å². The summed E-state index contributed by atoms with van der Waals surface area (Å²) >= 11 is 0. The first-order valence-corrected chi connectivity index (χ1v) is 10.0. The molecule has 33 heavy (non-hydrogen) atoms. The van der Waals surface area contributed by atoms with Crippen LogP contribution < -0.4 is 9.47 Å². The lowest BCUT2D eigenvalue weighted by molar-refractivity contribution is -0.278. The first-order valence-electron chi connectivity index (χ1n) is 10.0. The Morgan fingerprint density at radius 1 is 0.848 bits per heavy atom. The molecule has 7 atom stereocenters. The summed E-state index contributed by atoms with van der Waals surface area (Å²) in [4.78, 5) is 0. The van der Waals surface area contributed by atoms with Gasteiger partial charge in [0.05, 0.1) is 12.7 Å². The Hall–Kier alpha value is -3.00. The van der Waals surface area contributed by atoms with Crippen LogP contribution in [0.5, 0.6) is 34.5 Å². The van der Waals surface area contributed by atoms with E-state index < -0.39 is 72.5 Å². The first-order chi connectivity index (χ1) is 15.6. The van der Waals surface area contributed by atoms with Crippen LogP contribution in [0.15, 0.2) is 24.3 Å². The van der Waals surface area contributed by atoms with Gasteiger partial charge in [-0.15, -0.1) is 0 Å². The third kappa shape index (κ3) is 4.08. The molecule has 2 aromatic carbocycles. The smallest absolute Gasteiger partial charge is 0.229 e. The average Bonchev–Trinajstić information content (AvgIpc) is 2.78. The van der Waals surface area contributed by atoms with E-state index in [1.54, 1.807) is 0 Å². The average molecular weight is 468 g/mol. The molecule has 12 nitrogen and oxygen atoms in total. The number of aliphatic hydroxyl groups is 5. The number of fused-ring (bicyclic) bond motifs is 1. The van der Waals surface area contributed by atoms with Crippen molar-refractivity contribution in [2.45, 2.75) is 49.3 Å². The van der Waals surface area contributed by atoms with Crippen molar-refractivity contribution in [3.05, 3.63) is 35.4 Å². The SMILES string of the molecule is OC[C@@H]1O[C@H](Oc2c(O)cc(O)c3c2O[C@H](c2ccc(O)c(O)c2)[C@@H](O)C3)[C@@H](O)[C@H](O)[C@H]1O. The molecule has 0 amide bonds. The van der Waals surface area contributed by atoms with Gasteiger partial charge >= 0.3 is 0 Å². The van der Waals surface area contributed by atoms with Gasteiger partial charge in [-0.05, 0) is 17.7 Å². The molecule has 4 rings (SSSR count). The lowest BCUT2D eigenvalue weighted by atomic mass is 9.93. The highest BCUT2D eigenvalue weighted by molar-refractivity contribution is 5.62. The number of hydrogen-bond acceptors (Lipinski definition) is 12. The molecule has 2 aliphatic heterocycles. The van der Waals surface area contributed by atoms with E-state index in [-0.39, 0.29) is 29.0 Å². The second-order valence-corrected chi connectivity index (χ2v) is 7.92. The minimum Gasteiger partial charge on any atom is -0.507 e. The van der Waals surface area contributed by atoms with Crippen LogP contribution in [-0.4, -0.2) is 89.4 Å². The molecule has 0 aliphatic carbocycles. The molecule has 0 bridgehead atoms. The number of phenols is 4. The Morgan fingerprint density at radius 3 is 2.24 bits per heavy atom. The normalized spacial score (nSPS) is 31.5. The largest absolute Gasteiger partial charge is 0.507 e. The molecule has 180 valence electrons. The number of ether oxygens (including phenoxy) is 3. The van der Waals surface area contributed by atoms with Crippen molar-refractivity contribution in [3.8, 4) is 34.5 Å². The zero-order valence-corrected chi connectivity index (χ0v) is 17.0. The maximum Gasteiger partial charge on any atom is 0.229 e. The number of benzene rings is 2. The molecule has 1 saturated heterocycles. The van der Waals surface area contributed by atoms with E-state index in [4.69, 9.17) is 14.2 Å². The van der Waals surface area contributed by atoms with Gasteiger partial charge in [0.2, 0.25) is 12.0 Å². The third-order valence-electron chi connectivity index (χ3n) is 5.71. The molecule has 0 aromatic heterocycles. The van der Waals surface area contributed by atoms with Crippen LogP contribution >= 0.6 is 0 Å². The van der Waals surface area contributed by atoms with Crippen molar-refractivity contribution in [3.63, 3.8) is 0 Å². The fourth-order valence-corrected chi connectivity index (χ4v) is 3.90. The van der Waals surface area contributed by atoms with E-state index in [1.807, 2.05) is 0 Å². The highest BCUT2D eigenvalue weighted by Crippen LogP contribution is 2.51. The number of rotatable bonds is 4. The van der Waals surface area contributed by atoms with E-state index in [2.05, 4.69) is 0 Å². The van der Waals surface area contributed by atoms with Crippen LogP contribution in [0.4, 0.5) is 0 Å². The summed E-state index contributed by atoms with van der Waals surface area (Å²) < 4.78 is 16.7. The van der Waals surface area contributed by atoms with Gasteiger partial charge in [0.15, 0.2) is 29.1 Å². The Morgan fingerprint density at radius 2 is 1.58 bits per heavy atom. The maximum absolute atomic E-state index is 10.6. The summed E-state index contributed by atoms with van der Waals surface area (Å²) in [6.07, 6.45) is -10.5. The molecule has 2 heterocycles. The van der Waals surface area contributed by atoms with Crippen LogP contribution in [0.2, 0.25) is 0 Å². The van der Waals surface area contributed by atoms with E-state index in [1.165, 1.54) is 18.2 Å². The summed E-state index contributed by atoms with van der Waals surface area (Å²) in [7, 11) is 0. The predicted molar refractivity (Wildman–Crippen MR) is 107 cm³/mol. The van der Waals surface area contributed by atoms with Gasteiger partial charge in [-0.25, -0.2) is 0 Å². The van der Waals surface area contributed by atoms with E-state index in [9.17, 15) is 46.0 Å². The van der Waals surface area contributed by atoms with Crippen molar-refractivity contribution >= 4 is 0 Å². The molecule has 0 saturated carbocycles. The molecule has 0 unspecified atom stereocenters. The summed E-state index contributed by atoms with van der Waals surface area (Å²) in [5, 5.41) is 90.1. The molecule has 2 aliphatic rings. The monoisotopic (exact) mass is 468 g/mol. The fraction of sp³-hybridized carbons (Fsp3) is 0.429. The van der Waals surface area contributed by atoms with Crippen LogP contribution in [0.25, 0.3) is 0 Å². The molecule has 12 heteroatoms. The van der Waals surface area contributed by atoms with Crippen molar-refractivity contribution in [1.29, 1.82) is 0 Å². The van der Waals surface area contributed by atoms with Gasteiger partial charge in [0.25, 0.3) is 0 Å². The van der Waals surface area contributed by atoms with Gasteiger partial charge in [-0.2, -0.15) is 0 Å². The van der Waals surface area contributed by atoms with Crippen LogP contribution in [0, 0.1) is 0 Å². The second kappa shape index (κ2) is 8.74. The lowest BCUT2D eigenvalue weighted by Crippen LogP contribution is -2.60. The van der Waals surface area contributed by atoms with Gasteiger partial charge in [0, 0.05) is 18.1 Å². The highest BCUT2D eigenvalue weighted by atomic mass is 16.7. The molecule has 0 radical (unpaired) electrons. The minimum atomic E-state index is -1.77. The van der Waals surface area contributed by atoms with Gasteiger partial charge in [-0.1, -0.05) is 6.07 Å². The Kier molecular flexibility index (Phi) is 6.14. The lowest BCUT2D eigenvalue weighted by Gasteiger charge is -2.40. The maximum atomic E-state index is 10.6. The van der Waals surface area contributed by atoms with Crippen LogP contribution in [0.1, 0.15) is 17.2 Å². The number of phenolic OH excluding ortho intramolecular Hbond substituents is 4. The fourth-order valence-electron chi connectivity index (χ4n) is 3.90. The summed E-state index contributed by atoms with van der Waals surface area (Å²) in [6, 6.07) is 4.70. The van der Waals surface area contributed by atoms with E-state index >= 15 is 0 Å². The number of hydrogen-bond donors (Lipinski definition) is 9. The molecular formula is C21H24O12. The second-order valence-electron chi connectivity index (χ2n) is 7.92. The van der Waals surface area contributed by atoms with E-state index in [0.29, 0.717) is 0 Å². The molecular weight excluding hydrogens is 444 g/mol. The van der Waals surface area contributed by atoms with Crippen molar-refractivity contribution < 1.29 is 60.2 Å². The third-order valence-corrected chi connectivity index (χ3v) is 5.71. The highest BCUT2D eigenvalue weighted by Gasteiger charge is 2.46. The van der Waals surface area contributed by atoms with Gasteiger partial charge < -0.3 is 60.2 Å². The standard InChI is InChI=1S/C21H24O12/c22-6-14-15(28)16(29)17(30)21(31-14)33-20-13(27)5-10(24)8-4-12(26)18(32-19(8)20)7-1-2-9(23)11(25)3-7/h1-3,5,12,14-18,21-30H,4,6H2/t12-,14-,15-,16+,17-,18+,21+/m0/s1. The van der Waals surface area contributed by atoms with E-state index in [0.717, 1.165) is 6.07 Å². The first kappa shape index (κ1) is 23.2.